The molecule has 0 aliphatic carbocycles. The fourth-order valence-electron chi connectivity index (χ4n) is 2.30. The Morgan fingerprint density at radius 3 is 2.76 bits per heavy atom. The lowest BCUT2D eigenvalue weighted by Crippen LogP contribution is -2.31. The van der Waals surface area contributed by atoms with Crippen LogP contribution < -0.4 is 10.2 Å². The van der Waals surface area contributed by atoms with E-state index >= 15 is 0 Å². The van der Waals surface area contributed by atoms with Gasteiger partial charge < -0.3 is 10.2 Å². The van der Waals surface area contributed by atoms with Crippen LogP contribution in [-0.4, -0.2) is 28.3 Å². The molecule has 1 saturated heterocycles. The Morgan fingerprint density at radius 2 is 2.00 bits per heavy atom. The van der Waals surface area contributed by atoms with Crippen molar-refractivity contribution in [2.45, 2.75) is 19.3 Å². The molecule has 0 saturated carbocycles. The number of anilines is 3. The van der Waals surface area contributed by atoms with Gasteiger partial charge in [-0.25, -0.2) is 4.39 Å². The van der Waals surface area contributed by atoms with Gasteiger partial charge in [-0.2, -0.15) is 10.1 Å². The number of hydrogen-bond acceptors (Lipinski definition) is 5. The molecule has 3 rings (SSSR count). The predicted octanol–water partition coefficient (Wildman–Crippen LogP) is 3.40. The second-order valence-corrected chi connectivity index (χ2v) is 5.35. The minimum absolute atomic E-state index is 0.0678. The molecule has 0 radical (unpaired) electrons. The fraction of sp³-hybridized carbons (Fsp3) is 0.357. The van der Waals surface area contributed by atoms with Crippen molar-refractivity contribution in [3.05, 3.63) is 35.2 Å². The third kappa shape index (κ3) is 3.39. The number of benzene rings is 1. The lowest BCUT2D eigenvalue weighted by atomic mass is 10.1. The fourth-order valence-corrected chi connectivity index (χ4v) is 2.48. The maximum Gasteiger partial charge on any atom is 0.247 e. The highest BCUT2D eigenvalue weighted by molar-refractivity contribution is 6.31. The predicted molar refractivity (Wildman–Crippen MR) is 80.6 cm³/mol. The zero-order valence-corrected chi connectivity index (χ0v) is 12.1. The summed E-state index contributed by atoms with van der Waals surface area (Å²) in [5.41, 5.74) is 0.659. The molecular formula is C14H15ClFN5. The van der Waals surface area contributed by atoms with Crippen molar-refractivity contribution in [3.63, 3.8) is 0 Å². The van der Waals surface area contributed by atoms with E-state index in [0.29, 0.717) is 17.5 Å². The number of nitrogens with zero attached hydrogens (tertiary/aromatic N) is 4. The van der Waals surface area contributed by atoms with Crippen LogP contribution in [-0.2, 0) is 0 Å². The standard InChI is InChI=1S/C14H15ClFN5/c15-11-8-10(4-5-12(11)16)18-13-9-17-20-14(19-13)21-6-2-1-3-7-21/h4-5,8-9H,1-3,6-7H2,(H,18,19,20). The monoisotopic (exact) mass is 307 g/mol. The quantitative estimate of drug-likeness (QED) is 0.942. The average Bonchev–Trinajstić information content (AvgIpc) is 2.52. The summed E-state index contributed by atoms with van der Waals surface area (Å²) in [6, 6.07) is 4.42. The number of aromatic nitrogens is 3. The molecule has 1 aromatic heterocycles. The molecule has 21 heavy (non-hydrogen) atoms. The van der Waals surface area contributed by atoms with Gasteiger partial charge >= 0.3 is 0 Å². The van der Waals surface area contributed by atoms with Crippen LogP contribution in [0.4, 0.5) is 21.8 Å². The van der Waals surface area contributed by atoms with Crippen molar-refractivity contribution in [3.8, 4) is 0 Å². The summed E-state index contributed by atoms with van der Waals surface area (Å²) in [7, 11) is 0. The normalized spacial score (nSPS) is 15.0. The van der Waals surface area contributed by atoms with E-state index < -0.39 is 5.82 Å². The highest BCUT2D eigenvalue weighted by atomic mass is 35.5. The van der Waals surface area contributed by atoms with Crippen LogP contribution in [0.25, 0.3) is 0 Å². The van der Waals surface area contributed by atoms with Crippen LogP contribution in [0.15, 0.2) is 24.4 Å². The average molecular weight is 308 g/mol. The third-order valence-electron chi connectivity index (χ3n) is 3.38. The van der Waals surface area contributed by atoms with E-state index in [2.05, 4.69) is 25.4 Å². The lowest BCUT2D eigenvalue weighted by Gasteiger charge is -2.26. The topological polar surface area (TPSA) is 53.9 Å². The molecule has 7 heteroatoms. The molecule has 0 atom stereocenters. The summed E-state index contributed by atoms with van der Waals surface area (Å²) < 4.78 is 13.1. The molecule has 110 valence electrons. The second-order valence-electron chi connectivity index (χ2n) is 4.94. The summed E-state index contributed by atoms with van der Waals surface area (Å²) in [6.07, 6.45) is 5.07. The van der Waals surface area contributed by atoms with Gasteiger partial charge in [0, 0.05) is 18.8 Å². The van der Waals surface area contributed by atoms with Crippen LogP contribution in [0.1, 0.15) is 19.3 Å². The lowest BCUT2D eigenvalue weighted by molar-refractivity contribution is 0.565. The molecule has 0 spiro atoms. The summed E-state index contributed by atoms with van der Waals surface area (Å²) in [5.74, 6) is 0.734. The zero-order chi connectivity index (χ0) is 14.7. The van der Waals surface area contributed by atoms with E-state index in [-0.39, 0.29) is 5.02 Å². The van der Waals surface area contributed by atoms with E-state index in [4.69, 9.17) is 11.6 Å². The van der Waals surface area contributed by atoms with Crippen molar-refractivity contribution < 1.29 is 4.39 Å². The van der Waals surface area contributed by atoms with Crippen LogP contribution >= 0.6 is 11.6 Å². The smallest absolute Gasteiger partial charge is 0.247 e. The molecule has 1 aliphatic rings. The van der Waals surface area contributed by atoms with Crippen LogP contribution in [0.5, 0.6) is 0 Å². The number of hydrogen-bond donors (Lipinski definition) is 1. The number of nitrogens with one attached hydrogen (secondary N) is 1. The van der Waals surface area contributed by atoms with Gasteiger partial charge in [-0.1, -0.05) is 11.6 Å². The largest absolute Gasteiger partial charge is 0.339 e. The van der Waals surface area contributed by atoms with E-state index in [1.54, 1.807) is 6.07 Å². The summed E-state index contributed by atoms with van der Waals surface area (Å²) in [6.45, 7) is 1.90. The third-order valence-corrected chi connectivity index (χ3v) is 3.67. The van der Waals surface area contributed by atoms with Crippen molar-refractivity contribution in [1.29, 1.82) is 0 Å². The minimum atomic E-state index is -0.447. The van der Waals surface area contributed by atoms with E-state index in [0.717, 1.165) is 25.9 Å². The molecule has 0 amide bonds. The first kappa shape index (κ1) is 14.0. The molecule has 0 bridgehead atoms. The van der Waals surface area contributed by atoms with Gasteiger partial charge in [-0.15, -0.1) is 5.10 Å². The van der Waals surface area contributed by atoms with Gasteiger partial charge in [0.15, 0.2) is 5.82 Å². The van der Waals surface area contributed by atoms with Gasteiger partial charge in [0.1, 0.15) is 5.82 Å². The molecule has 1 fully saturated rings. The molecule has 0 unspecified atom stereocenters. The molecule has 1 aliphatic heterocycles. The van der Waals surface area contributed by atoms with Crippen LogP contribution in [0.3, 0.4) is 0 Å². The maximum absolute atomic E-state index is 13.1. The molecular weight excluding hydrogens is 293 g/mol. The molecule has 5 nitrogen and oxygen atoms in total. The van der Waals surface area contributed by atoms with Crippen molar-refractivity contribution in [2.75, 3.05) is 23.3 Å². The Bertz CT molecular complexity index is 631. The highest BCUT2D eigenvalue weighted by Crippen LogP contribution is 2.22. The Labute approximate surface area is 127 Å². The van der Waals surface area contributed by atoms with Gasteiger partial charge in [-0.3, -0.25) is 0 Å². The first-order valence-corrected chi connectivity index (χ1v) is 7.27. The highest BCUT2D eigenvalue weighted by Gasteiger charge is 2.14. The van der Waals surface area contributed by atoms with Gasteiger partial charge in [0.25, 0.3) is 0 Å². The van der Waals surface area contributed by atoms with E-state index in [1.165, 1.54) is 24.8 Å². The summed E-state index contributed by atoms with van der Waals surface area (Å²) in [5, 5.41) is 11.2. The SMILES string of the molecule is Fc1ccc(Nc2cnnc(N3CCCCC3)n2)cc1Cl. The molecule has 1 aromatic carbocycles. The van der Waals surface area contributed by atoms with Crippen molar-refractivity contribution in [2.24, 2.45) is 0 Å². The van der Waals surface area contributed by atoms with Crippen LogP contribution in [0.2, 0.25) is 5.02 Å². The molecule has 1 N–H and O–H groups in total. The Balaban J connectivity index is 1.77. The Hall–Kier alpha value is -1.95. The first-order chi connectivity index (χ1) is 10.2. The summed E-state index contributed by atoms with van der Waals surface area (Å²) >= 11 is 5.76. The zero-order valence-electron chi connectivity index (χ0n) is 11.4. The van der Waals surface area contributed by atoms with Crippen molar-refractivity contribution >= 4 is 29.1 Å². The first-order valence-electron chi connectivity index (χ1n) is 6.89. The van der Waals surface area contributed by atoms with Crippen LogP contribution in [0, 0.1) is 5.82 Å². The van der Waals surface area contributed by atoms with E-state index in [1.807, 2.05) is 0 Å². The van der Waals surface area contributed by atoms with Crippen molar-refractivity contribution in [1.82, 2.24) is 15.2 Å². The Kier molecular flexibility index (Phi) is 4.15. The maximum atomic E-state index is 13.1. The second kappa shape index (κ2) is 6.22. The minimum Gasteiger partial charge on any atom is -0.339 e. The number of piperidine rings is 1. The van der Waals surface area contributed by atoms with Gasteiger partial charge in [0.2, 0.25) is 5.95 Å². The molecule has 2 heterocycles. The molecule has 2 aromatic rings. The van der Waals surface area contributed by atoms with Gasteiger partial charge in [-0.05, 0) is 37.5 Å². The Morgan fingerprint density at radius 1 is 1.19 bits per heavy atom. The number of rotatable bonds is 3. The summed E-state index contributed by atoms with van der Waals surface area (Å²) in [4.78, 5) is 6.57. The van der Waals surface area contributed by atoms with E-state index in [9.17, 15) is 4.39 Å². The van der Waals surface area contributed by atoms with Gasteiger partial charge in [0.05, 0.1) is 11.2 Å². The number of halogens is 2.